The molecule has 3 aromatic carbocycles. The molecular weight excluding hydrogens is 540 g/mol. The Bertz CT molecular complexity index is 1400. The van der Waals surface area contributed by atoms with Crippen LogP contribution in [0.5, 0.6) is 11.5 Å². The van der Waals surface area contributed by atoms with Crippen LogP contribution in [0.1, 0.15) is 22.5 Å². The van der Waals surface area contributed by atoms with Crippen LogP contribution in [0.25, 0.3) is 10.8 Å². The van der Waals surface area contributed by atoms with Gasteiger partial charge in [-0.05, 0) is 64.3 Å². The number of rotatable bonds is 9. The van der Waals surface area contributed by atoms with Gasteiger partial charge in [0.05, 0.1) is 19.1 Å². The van der Waals surface area contributed by atoms with Crippen LogP contribution in [0.4, 0.5) is 0 Å². The number of fused-ring (bicyclic) bond motifs is 1. The Balaban J connectivity index is 1.38. The molecule has 0 atom stereocenters. The van der Waals surface area contributed by atoms with Crippen molar-refractivity contribution in [3.63, 3.8) is 0 Å². The normalized spacial score (nSPS) is 11.1. The second-order valence-electron chi connectivity index (χ2n) is 7.97. The maximum Gasteiger partial charge on any atom is 0.250 e. The van der Waals surface area contributed by atoms with Crippen molar-refractivity contribution in [1.29, 1.82) is 0 Å². The molecule has 36 heavy (non-hydrogen) atoms. The second-order valence-corrected chi connectivity index (χ2v) is 9.76. The van der Waals surface area contributed by atoms with E-state index in [1.807, 2.05) is 44.2 Å². The lowest BCUT2D eigenvalue weighted by molar-refractivity contribution is -0.118. The maximum atomic E-state index is 12.2. The third-order valence-electron chi connectivity index (χ3n) is 5.23. The second kappa shape index (κ2) is 12.0. The molecule has 9 heteroatoms. The molecule has 0 bridgehead atoms. The van der Waals surface area contributed by atoms with Gasteiger partial charge in [0.25, 0.3) is 5.91 Å². The molecule has 0 radical (unpaired) electrons. The highest BCUT2D eigenvalue weighted by Gasteiger charge is 2.11. The van der Waals surface area contributed by atoms with Gasteiger partial charge in [0.15, 0.2) is 16.7 Å². The van der Waals surface area contributed by atoms with E-state index >= 15 is 0 Å². The summed E-state index contributed by atoms with van der Waals surface area (Å²) in [7, 11) is 1.59. The molecule has 0 aliphatic carbocycles. The van der Waals surface area contributed by atoms with E-state index in [9.17, 15) is 4.79 Å². The topological polar surface area (TPSA) is 85.7 Å². The zero-order chi connectivity index (χ0) is 25.5. The number of carbonyl (C=O) groups is 1. The molecule has 1 N–H and O–H groups in total. The van der Waals surface area contributed by atoms with Gasteiger partial charge in [0.2, 0.25) is 0 Å². The summed E-state index contributed by atoms with van der Waals surface area (Å²) in [5.74, 6) is 1.07. The molecular formula is C27H25BrN4O3S. The number of carbonyl (C=O) groups excluding carboxylic acids is 1. The van der Waals surface area contributed by atoms with Gasteiger partial charge in [-0.15, -0.1) is 0 Å². The minimum absolute atomic E-state index is 0.158. The molecule has 0 unspecified atom stereocenters. The van der Waals surface area contributed by atoms with Crippen molar-refractivity contribution in [3.05, 3.63) is 87.7 Å². The van der Waals surface area contributed by atoms with Crippen molar-refractivity contribution in [3.8, 4) is 11.5 Å². The number of amides is 1. The lowest BCUT2D eigenvalue weighted by Gasteiger charge is -2.14. The Labute approximate surface area is 222 Å². The molecule has 1 aromatic heterocycles. The van der Waals surface area contributed by atoms with Gasteiger partial charge in [0, 0.05) is 21.4 Å². The van der Waals surface area contributed by atoms with Crippen molar-refractivity contribution in [2.75, 3.05) is 12.9 Å². The summed E-state index contributed by atoms with van der Waals surface area (Å²) in [4.78, 5) is 20.8. The van der Waals surface area contributed by atoms with Gasteiger partial charge in [-0.3, -0.25) is 4.79 Å². The molecule has 7 nitrogen and oxygen atoms in total. The predicted molar refractivity (Wildman–Crippen MR) is 147 cm³/mol. The lowest BCUT2D eigenvalue weighted by Crippen LogP contribution is -2.19. The van der Waals surface area contributed by atoms with Crippen LogP contribution in [-0.2, 0) is 11.4 Å². The highest BCUT2D eigenvalue weighted by molar-refractivity contribution is 9.10. The third-order valence-corrected chi connectivity index (χ3v) is 6.77. The van der Waals surface area contributed by atoms with Gasteiger partial charge in [-0.1, -0.05) is 54.2 Å². The molecule has 4 rings (SSSR count). The van der Waals surface area contributed by atoms with E-state index in [-0.39, 0.29) is 11.7 Å². The molecule has 0 aliphatic heterocycles. The fraction of sp³-hybridized carbons (Fsp3) is 0.185. The number of thioether (sulfide) groups is 1. The van der Waals surface area contributed by atoms with Gasteiger partial charge >= 0.3 is 0 Å². The van der Waals surface area contributed by atoms with Crippen LogP contribution in [-0.4, -0.2) is 35.0 Å². The summed E-state index contributed by atoms with van der Waals surface area (Å²) in [6.45, 7) is 4.19. The Morgan fingerprint density at radius 1 is 1.06 bits per heavy atom. The van der Waals surface area contributed by atoms with Gasteiger partial charge in [-0.2, -0.15) is 5.10 Å². The summed E-state index contributed by atoms with van der Waals surface area (Å²) >= 11 is 4.82. The van der Waals surface area contributed by atoms with E-state index in [0.717, 1.165) is 32.4 Å². The number of ether oxygens (including phenoxy) is 2. The van der Waals surface area contributed by atoms with Crippen molar-refractivity contribution < 1.29 is 14.3 Å². The fourth-order valence-corrected chi connectivity index (χ4v) is 4.76. The monoisotopic (exact) mass is 564 g/mol. The highest BCUT2D eigenvalue weighted by Crippen LogP contribution is 2.34. The van der Waals surface area contributed by atoms with Crippen molar-refractivity contribution in [1.82, 2.24) is 15.4 Å². The molecule has 0 saturated heterocycles. The summed E-state index contributed by atoms with van der Waals surface area (Å²) in [5, 5.41) is 6.96. The van der Waals surface area contributed by atoms with Crippen molar-refractivity contribution >= 4 is 50.6 Å². The molecule has 1 amide bonds. The number of hydrogen-bond donors (Lipinski definition) is 1. The Kier molecular flexibility index (Phi) is 8.56. The first-order valence-electron chi connectivity index (χ1n) is 11.2. The Morgan fingerprint density at radius 2 is 1.81 bits per heavy atom. The zero-order valence-corrected chi connectivity index (χ0v) is 22.5. The number of hydrazone groups is 1. The van der Waals surface area contributed by atoms with Crippen LogP contribution in [0.15, 0.2) is 75.4 Å². The number of aryl methyl sites for hydroxylation is 2. The summed E-state index contributed by atoms with van der Waals surface area (Å²) in [6, 6.07) is 19.9. The molecule has 0 fully saturated rings. The van der Waals surface area contributed by atoms with Gasteiger partial charge in [-0.25, -0.2) is 15.4 Å². The van der Waals surface area contributed by atoms with E-state index in [1.54, 1.807) is 19.4 Å². The van der Waals surface area contributed by atoms with E-state index < -0.39 is 0 Å². The lowest BCUT2D eigenvalue weighted by atomic mass is 10.1. The summed E-state index contributed by atoms with van der Waals surface area (Å²) < 4.78 is 12.4. The number of nitrogens with zero attached hydrogens (tertiary/aromatic N) is 3. The third kappa shape index (κ3) is 6.61. The number of methoxy groups -OCH3 is 1. The predicted octanol–water partition coefficient (Wildman–Crippen LogP) is 5.84. The number of hydrogen-bond acceptors (Lipinski definition) is 7. The highest BCUT2D eigenvalue weighted by atomic mass is 79.9. The number of nitrogens with one attached hydrogen (secondary N) is 1. The summed E-state index contributed by atoms with van der Waals surface area (Å²) in [6.07, 6.45) is 1.55. The molecule has 184 valence electrons. The minimum atomic E-state index is -0.253. The molecule has 0 aliphatic rings. The van der Waals surface area contributed by atoms with Gasteiger partial charge < -0.3 is 9.47 Å². The smallest absolute Gasteiger partial charge is 0.250 e. The standard InChI is InChI=1S/C27H25BrN4O3S/c1-17-11-18(2)31-27(30-17)36-16-26(33)32-29-14-21-12-24(34-3)25(13-23(21)28)35-15-20-9-6-8-19-7-4-5-10-22(19)20/h4-14H,15-16H2,1-3H3,(H,32,33)/b29-14-. The quantitative estimate of drug-likeness (QED) is 0.119. The first kappa shape index (κ1) is 25.7. The van der Waals surface area contributed by atoms with Crippen LogP contribution in [0.2, 0.25) is 0 Å². The van der Waals surface area contributed by atoms with E-state index in [0.29, 0.717) is 23.3 Å². The molecule has 0 saturated carbocycles. The average molecular weight is 565 g/mol. The van der Waals surface area contributed by atoms with Crippen LogP contribution in [0.3, 0.4) is 0 Å². The van der Waals surface area contributed by atoms with E-state index in [1.165, 1.54) is 17.1 Å². The Morgan fingerprint density at radius 3 is 2.58 bits per heavy atom. The number of halogens is 1. The average Bonchev–Trinajstić information content (AvgIpc) is 2.86. The molecule has 4 aromatic rings. The molecule has 0 spiro atoms. The summed E-state index contributed by atoms with van der Waals surface area (Å²) in [5.41, 5.74) is 6.09. The van der Waals surface area contributed by atoms with Gasteiger partial charge in [0.1, 0.15) is 6.61 Å². The fourth-order valence-electron chi connectivity index (χ4n) is 3.59. The van der Waals surface area contributed by atoms with E-state index in [4.69, 9.17) is 9.47 Å². The largest absolute Gasteiger partial charge is 0.493 e. The first-order valence-corrected chi connectivity index (χ1v) is 12.9. The maximum absolute atomic E-state index is 12.2. The SMILES string of the molecule is COc1cc(/C=N\NC(=O)CSc2nc(C)cc(C)n2)c(Br)cc1OCc1cccc2ccccc12. The number of benzene rings is 3. The zero-order valence-electron chi connectivity index (χ0n) is 20.1. The van der Waals surface area contributed by atoms with Crippen molar-refractivity contribution in [2.24, 2.45) is 5.10 Å². The van der Waals surface area contributed by atoms with E-state index in [2.05, 4.69) is 60.7 Å². The van der Waals surface area contributed by atoms with Crippen LogP contribution < -0.4 is 14.9 Å². The van der Waals surface area contributed by atoms with Crippen LogP contribution in [0, 0.1) is 13.8 Å². The van der Waals surface area contributed by atoms with Crippen LogP contribution >= 0.6 is 27.7 Å². The molecule has 1 heterocycles. The Hall–Kier alpha value is -3.43. The minimum Gasteiger partial charge on any atom is -0.493 e. The first-order chi connectivity index (χ1) is 17.4. The van der Waals surface area contributed by atoms with Crippen molar-refractivity contribution in [2.45, 2.75) is 25.6 Å². The number of aromatic nitrogens is 2.